The minimum atomic E-state index is -0.0397. The summed E-state index contributed by atoms with van der Waals surface area (Å²) in [4.78, 5) is 46.5. The normalized spacial score (nSPS) is 16.1. The van der Waals surface area contributed by atoms with Crippen LogP contribution >= 0.6 is 0 Å². The van der Waals surface area contributed by atoms with Gasteiger partial charge in [-0.15, -0.1) is 0 Å². The molecule has 0 unspecified atom stereocenters. The Kier molecular flexibility index (Phi) is 6.44. The molecule has 1 atom stereocenters. The molecule has 33 heavy (non-hydrogen) atoms. The standard InChI is InChI=1S/C25H32N6O2/c1-6-30(7-2)25(33)19-13-26-23(27-16(19)5)18-10-11-31(14-18)24(32)17-8-9-20-21(12-17)29-22(28-20)15(3)4/h8-9,12-13,15,18H,6-7,10-11,14H2,1-5H3,(H,28,29)/t18-/m1/s1. The third kappa shape index (κ3) is 4.47. The number of hydrogen-bond donors (Lipinski definition) is 1. The van der Waals surface area contributed by atoms with E-state index in [0.717, 1.165) is 23.3 Å². The second kappa shape index (κ2) is 9.29. The average Bonchev–Trinajstić information content (AvgIpc) is 3.46. The van der Waals surface area contributed by atoms with Crippen LogP contribution in [-0.4, -0.2) is 67.7 Å². The highest BCUT2D eigenvalue weighted by molar-refractivity contribution is 5.97. The highest BCUT2D eigenvalue weighted by Gasteiger charge is 2.30. The van der Waals surface area contributed by atoms with Crippen LogP contribution in [0.15, 0.2) is 24.4 Å². The number of fused-ring (bicyclic) bond motifs is 1. The maximum absolute atomic E-state index is 13.2. The molecule has 3 aromatic rings. The van der Waals surface area contributed by atoms with E-state index in [1.54, 1.807) is 11.1 Å². The number of carbonyl (C=O) groups excluding carboxylic acids is 2. The van der Waals surface area contributed by atoms with Crippen molar-refractivity contribution in [3.05, 3.63) is 52.9 Å². The van der Waals surface area contributed by atoms with Gasteiger partial charge in [0.05, 0.1) is 22.3 Å². The first-order valence-electron chi connectivity index (χ1n) is 11.7. The highest BCUT2D eigenvalue weighted by Crippen LogP contribution is 2.27. The molecule has 3 heterocycles. The second-order valence-electron chi connectivity index (χ2n) is 8.95. The molecule has 1 aliphatic heterocycles. The molecule has 8 nitrogen and oxygen atoms in total. The van der Waals surface area contributed by atoms with E-state index in [0.29, 0.717) is 54.7 Å². The van der Waals surface area contributed by atoms with Crippen molar-refractivity contribution < 1.29 is 9.59 Å². The summed E-state index contributed by atoms with van der Waals surface area (Å²) in [6.45, 7) is 12.5. The van der Waals surface area contributed by atoms with E-state index < -0.39 is 0 Å². The number of amides is 2. The fourth-order valence-corrected chi connectivity index (χ4v) is 4.35. The lowest BCUT2D eigenvalue weighted by Gasteiger charge is -2.20. The lowest BCUT2D eigenvalue weighted by Crippen LogP contribution is -2.31. The van der Waals surface area contributed by atoms with Crippen molar-refractivity contribution in [3.63, 3.8) is 0 Å². The first kappa shape index (κ1) is 22.9. The second-order valence-corrected chi connectivity index (χ2v) is 8.95. The fourth-order valence-electron chi connectivity index (χ4n) is 4.35. The van der Waals surface area contributed by atoms with E-state index in [9.17, 15) is 9.59 Å². The number of aromatic nitrogens is 4. The SMILES string of the molecule is CCN(CC)C(=O)c1cnc([C@@H]2CCN(C(=O)c3ccc4nc(C(C)C)[nH]c4c3)C2)nc1C. The van der Waals surface area contributed by atoms with Gasteiger partial charge >= 0.3 is 0 Å². The van der Waals surface area contributed by atoms with E-state index in [-0.39, 0.29) is 17.7 Å². The Labute approximate surface area is 194 Å². The summed E-state index contributed by atoms with van der Waals surface area (Å²) in [7, 11) is 0. The van der Waals surface area contributed by atoms with Crippen molar-refractivity contribution in [2.24, 2.45) is 0 Å². The predicted octanol–water partition coefficient (Wildman–Crippen LogP) is 3.90. The molecule has 1 saturated heterocycles. The lowest BCUT2D eigenvalue weighted by atomic mass is 10.1. The third-order valence-electron chi connectivity index (χ3n) is 6.41. The van der Waals surface area contributed by atoms with Gasteiger partial charge in [0.2, 0.25) is 0 Å². The molecule has 0 bridgehead atoms. The molecule has 4 rings (SSSR count). The molecule has 1 N–H and O–H groups in total. The predicted molar refractivity (Wildman–Crippen MR) is 127 cm³/mol. The van der Waals surface area contributed by atoms with E-state index in [1.165, 1.54) is 0 Å². The molecule has 1 aliphatic rings. The first-order valence-corrected chi connectivity index (χ1v) is 11.7. The van der Waals surface area contributed by atoms with Crippen LogP contribution in [0.3, 0.4) is 0 Å². The van der Waals surface area contributed by atoms with Crippen LogP contribution in [0.25, 0.3) is 11.0 Å². The van der Waals surface area contributed by atoms with Gasteiger partial charge in [0, 0.05) is 49.8 Å². The number of likely N-dealkylation sites (tertiary alicyclic amines) is 1. The van der Waals surface area contributed by atoms with Gasteiger partial charge in [-0.25, -0.2) is 15.0 Å². The van der Waals surface area contributed by atoms with Gasteiger partial charge in [0.1, 0.15) is 11.6 Å². The largest absolute Gasteiger partial charge is 0.342 e. The van der Waals surface area contributed by atoms with Crippen LogP contribution in [0.4, 0.5) is 0 Å². The van der Waals surface area contributed by atoms with Crippen molar-refractivity contribution in [2.45, 2.75) is 52.9 Å². The molecule has 174 valence electrons. The van der Waals surface area contributed by atoms with Crippen molar-refractivity contribution in [1.29, 1.82) is 0 Å². The van der Waals surface area contributed by atoms with Crippen LogP contribution in [0.2, 0.25) is 0 Å². The third-order valence-corrected chi connectivity index (χ3v) is 6.41. The summed E-state index contributed by atoms with van der Waals surface area (Å²) in [6.07, 6.45) is 2.44. The van der Waals surface area contributed by atoms with Gasteiger partial charge in [-0.1, -0.05) is 13.8 Å². The molecule has 1 aromatic carbocycles. The monoisotopic (exact) mass is 448 g/mol. The molecule has 0 aliphatic carbocycles. The molecule has 0 saturated carbocycles. The number of hydrogen-bond acceptors (Lipinski definition) is 5. The number of H-pyrrole nitrogens is 1. The maximum atomic E-state index is 13.2. The zero-order valence-electron chi connectivity index (χ0n) is 20.1. The Balaban J connectivity index is 1.48. The van der Waals surface area contributed by atoms with Crippen LogP contribution in [0, 0.1) is 6.92 Å². The Hall–Kier alpha value is -3.29. The summed E-state index contributed by atoms with van der Waals surface area (Å²) in [5.41, 5.74) is 3.64. The van der Waals surface area contributed by atoms with E-state index in [2.05, 4.69) is 33.8 Å². The number of rotatable bonds is 6. The number of aryl methyl sites for hydroxylation is 1. The van der Waals surface area contributed by atoms with Crippen LogP contribution in [-0.2, 0) is 0 Å². The molecule has 0 spiro atoms. The van der Waals surface area contributed by atoms with Crippen LogP contribution in [0.1, 0.15) is 84.0 Å². The Morgan fingerprint density at radius 2 is 1.97 bits per heavy atom. The summed E-state index contributed by atoms with van der Waals surface area (Å²) >= 11 is 0. The van der Waals surface area contributed by atoms with Gasteiger partial charge < -0.3 is 14.8 Å². The summed E-state index contributed by atoms with van der Waals surface area (Å²) in [5, 5.41) is 0. The molecular weight excluding hydrogens is 416 g/mol. The topological polar surface area (TPSA) is 95.1 Å². The summed E-state index contributed by atoms with van der Waals surface area (Å²) in [5.74, 6) is 1.95. The molecule has 2 aromatic heterocycles. The van der Waals surface area contributed by atoms with Crippen molar-refractivity contribution in [2.75, 3.05) is 26.2 Å². The number of benzene rings is 1. The lowest BCUT2D eigenvalue weighted by molar-refractivity contribution is 0.0769. The number of nitrogens with zero attached hydrogens (tertiary/aromatic N) is 5. The van der Waals surface area contributed by atoms with E-state index in [1.807, 2.05) is 43.9 Å². The van der Waals surface area contributed by atoms with Crippen LogP contribution in [0.5, 0.6) is 0 Å². The minimum Gasteiger partial charge on any atom is -0.342 e. The number of imidazole rings is 1. The molecular formula is C25H32N6O2. The molecule has 1 fully saturated rings. The van der Waals surface area contributed by atoms with E-state index >= 15 is 0 Å². The van der Waals surface area contributed by atoms with E-state index in [4.69, 9.17) is 0 Å². The quantitative estimate of drug-likeness (QED) is 0.617. The molecule has 8 heteroatoms. The smallest absolute Gasteiger partial charge is 0.257 e. The fraction of sp³-hybridized carbons (Fsp3) is 0.480. The van der Waals surface area contributed by atoms with Gasteiger partial charge in [0.25, 0.3) is 11.8 Å². The van der Waals surface area contributed by atoms with Crippen LogP contribution < -0.4 is 0 Å². The minimum absolute atomic E-state index is 0.00477. The van der Waals surface area contributed by atoms with Gasteiger partial charge in [0.15, 0.2) is 0 Å². The summed E-state index contributed by atoms with van der Waals surface area (Å²) in [6, 6.07) is 5.63. The Morgan fingerprint density at radius 3 is 2.64 bits per heavy atom. The number of nitrogens with one attached hydrogen (secondary N) is 1. The molecule has 2 amide bonds. The average molecular weight is 449 g/mol. The first-order chi connectivity index (χ1) is 15.8. The van der Waals surface area contributed by atoms with Gasteiger partial charge in [-0.05, 0) is 45.4 Å². The van der Waals surface area contributed by atoms with Crippen molar-refractivity contribution >= 4 is 22.8 Å². The summed E-state index contributed by atoms with van der Waals surface area (Å²) < 4.78 is 0. The Bertz CT molecular complexity index is 1180. The maximum Gasteiger partial charge on any atom is 0.257 e. The number of carbonyl (C=O) groups is 2. The zero-order chi connectivity index (χ0) is 23.7. The number of aromatic amines is 1. The highest BCUT2D eigenvalue weighted by atomic mass is 16.2. The van der Waals surface area contributed by atoms with Crippen molar-refractivity contribution in [1.82, 2.24) is 29.7 Å². The molecule has 0 radical (unpaired) electrons. The van der Waals surface area contributed by atoms with Gasteiger partial charge in [-0.3, -0.25) is 9.59 Å². The van der Waals surface area contributed by atoms with Crippen molar-refractivity contribution in [3.8, 4) is 0 Å². The zero-order valence-corrected chi connectivity index (χ0v) is 20.1. The van der Waals surface area contributed by atoms with Gasteiger partial charge in [-0.2, -0.15) is 0 Å². The Morgan fingerprint density at radius 1 is 1.21 bits per heavy atom.